The fourth-order valence-corrected chi connectivity index (χ4v) is 2.30. The minimum Gasteiger partial charge on any atom is -0.376 e. The Hall–Kier alpha value is -2.02. The van der Waals surface area contributed by atoms with E-state index in [4.69, 9.17) is 4.74 Å². The molecule has 1 aliphatic rings. The van der Waals surface area contributed by atoms with Crippen LogP contribution in [0.1, 0.15) is 19.8 Å². The van der Waals surface area contributed by atoms with E-state index in [0.29, 0.717) is 19.2 Å². The second-order valence-electron chi connectivity index (χ2n) is 5.14. The van der Waals surface area contributed by atoms with E-state index in [1.165, 1.54) is 6.92 Å². The average Bonchev–Trinajstić information content (AvgIpc) is 2.96. The lowest BCUT2D eigenvalue weighted by atomic mass is 10.2. The zero-order valence-corrected chi connectivity index (χ0v) is 12.3. The number of amides is 2. The van der Waals surface area contributed by atoms with Crippen LogP contribution in [0.15, 0.2) is 18.2 Å². The highest BCUT2D eigenvalue weighted by molar-refractivity contribution is 5.97. The summed E-state index contributed by atoms with van der Waals surface area (Å²) in [6.07, 6.45) is 1.82. The molecule has 1 heterocycles. The first-order valence-corrected chi connectivity index (χ1v) is 7.09. The maximum atomic E-state index is 13.8. The monoisotopic (exact) mass is 312 g/mol. The van der Waals surface area contributed by atoms with Gasteiger partial charge in [0.2, 0.25) is 11.8 Å². The first-order valence-electron chi connectivity index (χ1n) is 7.09. The van der Waals surface area contributed by atoms with E-state index in [9.17, 15) is 18.4 Å². The molecule has 1 saturated heterocycles. The molecule has 0 aromatic heterocycles. The molecule has 120 valence electrons. The van der Waals surface area contributed by atoms with Crippen LogP contribution in [0.3, 0.4) is 0 Å². The van der Waals surface area contributed by atoms with Crippen LogP contribution < -0.4 is 10.2 Å². The van der Waals surface area contributed by atoms with Crippen molar-refractivity contribution >= 4 is 17.5 Å². The number of nitrogens with zero attached hydrogens (tertiary/aromatic N) is 1. The summed E-state index contributed by atoms with van der Waals surface area (Å²) in [6, 6.07) is 2.85. The van der Waals surface area contributed by atoms with Crippen LogP contribution in [0.4, 0.5) is 14.5 Å². The number of nitrogens with one attached hydrogen (secondary N) is 1. The number of hydrogen-bond donors (Lipinski definition) is 1. The van der Waals surface area contributed by atoms with Crippen LogP contribution in [0.25, 0.3) is 0 Å². The molecule has 5 nitrogen and oxygen atoms in total. The van der Waals surface area contributed by atoms with Crippen LogP contribution in [0.5, 0.6) is 0 Å². The Labute approximate surface area is 127 Å². The summed E-state index contributed by atoms with van der Waals surface area (Å²) in [5, 5.41) is 2.66. The number of anilines is 1. The number of carbonyl (C=O) groups is 2. The van der Waals surface area contributed by atoms with Gasteiger partial charge < -0.3 is 15.0 Å². The van der Waals surface area contributed by atoms with E-state index < -0.39 is 23.4 Å². The molecule has 0 aliphatic carbocycles. The molecule has 1 fully saturated rings. The molecule has 1 aromatic carbocycles. The first-order chi connectivity index (χ1) is 10.5. The number of ether oxygens (including phenoxy) is 1. The maximum Gasteiger partial charge on any atom is 0.240 e. The van der Waals surface area contributed by atoms with Crippen LogP contribution in [-0.4, -0.2) is 37.6 Å². The van der Waals surface area contributed by atoms with Crippen molar-refractivity contribution < 1.29 is 23.1 Å². The van der Waals surface area contributed by atoms with Crippen molar-refractivity contribution in [2.24, 2.45) is 0 Å². The molecule has 0 bridgehead atoms. The van der Waals surface area contributed by atoms with Crippen LogP contribution in [-0.2, 0) is 14.3 Å². The van der Waals surface area contributed by atoms with Crippen molar-refractivity contribution in [3.63, 3.8) is 0 Å². The Morgan fingerprint density at radius 1 is 1.41 bits per heavy atom. The normalized spacial score (nSPS) is 17.3. The predicted octanol–water partition coefficient (Wildman–Crippen LogP) is 1.61. The van der Waals surface area contributed by atoms with Crippen LogP contribution in [0, 0.1) is 11.6 Å². The van der Waals surface area contributed by atoms with Crippen molar-refractivity contribution in [3.8, 4) is 0 Å². The Kier molecular flexibility index (Phi) is 5.43. The van der Waals surface area contributed by atoms with Crippen molar-refractivity contribution in [2.45, 2.75) is 25.9 Å². The van der Waals surface area contributed by atoms with E-state index >= 15 is 0 Å². The number of rotatable bonds is 5. The first kappa shape index (κ1) is 16.4. The predicted molar refractivity (Wildman–Crippen MR) is 76.4 cm³/mol. The van der Waals surface area contributed by atoms with Crippen molar-refractivity contribution in [3.05, 3.63) is 29.8 Å². The molecule has 1 unspecified atom stereocenters. The molecular weight excluding hydrogens is 294 g/mol. The summed E-state index contributed by atoms with van der Waals surface area (Å²) in [6.45, 7) is 1.93. The van der Waals surface area contributed by atoms with Gasteiger partial charge in [0.25, 0.3) is 0 Å². The summed E-state index contributed by atoms with van der Waals surface area (Å²) in [5.74, 6) is -2.55. The lowest BCUT2D eigenvalue weighted by Crippen LogP contribution is -2.42. The molecule has 0 radical (unpaired) electrons. The van der Waals surface area contributed by atoms with Gasteiger partial charge in [-0.25, -0.2) is 8.78 Å². The van der Waals surface area contributed by atoms with Gasteiger partial charge in [-0.1, -0.05) is 0 Å². The number of halogens is 2. The third-order valence-electron chi connectivity index (χ3n) is 3.43. The van der Waals surface area contributed by atoms with Gasteiger partial charge in [-0.2, -0.15) is 0 Å². The van der Waals surface area contributed by atoms with Gasteiger partial charge in [0.05, 0.1) is 11.8 Å². The highest BCUT2D eigenvalue weighted by Gasteiger charge is 2.21. The SMILES string of the molecule is CC(=O)N(CC(=O)NCC1CCCO1)c1ccc(F)cc1F. The molecule has 0 saturated carbocycles. The molecule has 2 amide bonds. The molecule has 1 aliphatic heterocycles. The van der Waals surface area contributed by atoms with E-state index in [0.717, 1.165) is 29.9 Å². The Balaban J connectivity index is 1.98. The smallest absolute Gasteiger partial charge is 0.240 e. The van der Waals surface area contributed by atoms with E-state index in [2.05, 4.69) is 5.32 Å². The summed E-state index contributed by atoms with van der Waals surface area (Å²) < 4.78 is 32.1. The van der Waals surface area contributed by atoms with Crippen LogP contribution in [0.2, 0.25) is 0 Å². The zero-order chi connectivity index (χ0) is 16.1. The second-order valence-corrected chi connectivity index (χ2v) is 5.14. The molecule has 1 atom stereocenters. The Morgan fingerprint density at radius 2 is 2.18 bits per heavy atom. The lowest BCUT2D eigenvalue weighted by molar-refractivity contribution is -0.123. The topological polar surface area (TPSA) is 58.6 Å². The molecule has 22 heavy (non-hydrogen) atoms. The van der Waals surface area contributed by atoms with E-state index in [1.807, 2.05) is 0 Å². The van der Waals surface area contributed by atoms with Gasteiger partial charge in [0, 0.05) is 26.1 Å². The number of hydrogen-bond acceptors (Lipinski definition) is 3. The van der Waals surface area contributed by atoms with E-state index in [-0.39, 0.29) is 18.3 Å². The Bertz CT molecular complexity index is 560. The molecule has 7 heteroatoms. The van der Waals surface area contributed by atoms with Crippen molar-refractivity contribution in [1.29, 1.82) is 0 Å². The zero-order valence-electron chi connectivity index (χ0n) is 12.3. The highest BCUT2D eigenvalue weighted by Crippen LogP contribution is 2.20. The van der Waals surface area contributed by atoms with Gasteiger partial charge in [-0.05, 0) is 25.0 Å². The van der Waals surface area contributed by atoms with Gasteiger partial charge in [-0.15, -0.1) is 0 Å². The molecular formula is C15H18F2N2O3. The average molecular weight is 312 g/mol. The molecule has 1 N–H and O–H groups in total. The lowest BCUT2D eigenvalue weighted by Gasteiger charge is -2.21. The summed E-state index contributed by atoms with van der Waals surface area (Å²) in [7, 11) is 0. The van der Waals surface area contributed by atoms with E-state index in [1.54, 1.807) is 0 Å². The van der Waals surface area contributed by atoms with Gasteiger partial charge >= 0.3 is 0 Å². The summed E-state index contributed by atoms with van der Waals surface area (Å²) in [4.78, 5) is 24.5. The third kappa shape index (κ3) is 4.24. The van der Waals surface area contributed by atoms with Crippen LogP contribution >= 0.6 is 0 Å². The number of benzene rings is 1. The molecule has 1 aromatic rings. The molecule has 2 rings (SSSR count). The largest absolute Gasteiger partial charge is 0.376 e. The van der Waals surface area contributed by atoms with Gasteiger partial charge in [0.1, 0.15) is 18.2 Å². The third-order valence-corrected chi connectivity index (χ3v) is 3.43. The Morgan fingerprint density at radius 3 is 2.77 bits per heavy atom. The minimum atomic E-state index is -0.887. The van der Waals surface area contributed by atoms with Gasteiger partial charge in [-0.3, -0.25) is 9.59 Å². The molecule has 0 spiro atoms. The number of carbonyl (C=O) groups excluding carboxylic acids is 2. The van der Waals surface area contributed by atoms with Gasteiger partial charge in [0.15, 0.2) is 0 Å². The fourth-order valence-electron chi connectivity index (χ4n) is 2.30. The highest BCUT2D eigenvalue weighted by atomic mass is 19.1. The van der Waals surface area contributed by atoms with Crippen molar-refractivity contribution in [1.82, 2.24) is 5.32 Å². The maximum absolute atomic E-state index is 13.8. The quantitative estimate of drug-likeness (QED) is 0.899. The fraction of sp³-hybridized carbons (Fsp3) is 0.467. The van der Waals surface area contributed by atoms with Crippen molar-refractivity contribution in [2.75, 3.05) is 24.6 Å². The minimum absolute atomic E-state index is 0.0164. The summed E-state index contributed by atoms with van der Waals surface area (Å²) in [5.41, 5.74) is -0.124. The second kappa shape index (κ2) is 7.31. The summed E-state index contributed by atoms with van der Waals surface area (Å²) >= 11 is 0. The standard InChI is InChI=1S/C15H18F2N2O3/c1-10(20)19(14-5-4-11(16)7-13(14)17)9-15(21)18-8-12-3-2-6-22-12/h4-5,7,12H,2-3,6,8-9H2,1H3,(H,18,21).